The Hall–Kier alpha value is -0.510. The first-order valence-corrected chi connectivity index (χ1v) is 6.80. The van der Waals surface area contributed by atoms with Crippen LogP contribution in [-0.4, -0.2) is 25.0 Å². The molecule has 0 spiro atoms. The Bertz CT molecular complexity index is 306. The summed E-state index contributed by atoms with van der Waals surface area (Å²) >= 11 is 1.94. The summed E-state index contributed by atoms with van der Waals surface area (Å²) in [6.07, 6.45) is 1.18. The summed E-state index contributed by atoms with van der Waals surface area (Å²) < 4.78 is 5.38. The monoisotopic (exact) mass is 237 g/mol. The van der Waals surface area contributed by atoms with Gasteiger partial charge in [-0.05, 0) is 30.7 Å². The summed E-state index contributed by atoms with van der Waals surface area (Å²) in [6, 6.07) is 8.85. The van der Waals surface area contributed by atoms with Gasteiger partial charge in [0.2, 0.25) is 0 Å². The summed E-state index contributed by atoms with van der Waals surface area (Å²) in [7, 11) is 0. The lowest BCUT2D eigenvalue weighted by atomic mass is 10.2. The van der Waals surface area contributed by atoms with Crippen LogP contribution in [0.2, 0.25) is 0 Å². The third-order valence-corrected chi connectivity index (χ3v) is 3.94. The number of ether oxygens (including phenoxy) is 1. The second kappa shape index (κ2) is 6.28. The lowest BCUT2D eigenvalue weighted by molar-refractivity contribution is 0.199. The molecule has 1 aliphatic heterocycles. The quantitative estimate of drug-likeness (QED) is 0.850. The van der Waals surface area contributed by atoms with Crippen LogP contribution >= 0.6 is 11.8 Å². The zero-order valence-electron chi connectivity index (χ0n) is 9.74. The van der Waals surface area contributed by atoms with E-state index in [4.69, 9.17) is 4.74 Å². The van der Waals surface area contributed by atoms with Gasteiger partial charge in [-0.1, -0.05) is 19.1 Å². The molecule has 1 fully saturated rings. The van der Waals surface area contributed by atoms with E-state index in [0.717, 1.165) is 26.3 Å². The molecule has 1 N–H and O–H groups in total. The molecule has 1 aromatic rings. The highest BCUT2D eigenvalue weighted by atomic mass is 32.2. The van der Waals surface area contributed by atoms with Crippen LogP contribution in [0, 0.1) is 0 Å². The molecule has 0 radical (unpaired) electrons. The molecule has 0 saturated carbocycles. The van der Waals surface area contributed by atoms with Gasteiger partial charge >= 0.3 is 0 Å². The Morgan fingerprint density at radius 1 is 1.38 bits per heavy atom. The fourth-order valence-electron chi connectivity index (χ4n) is 1.75. The van der Waals surface area contributed by atoms with Gasteiger partial charge in [-0.15, -0.1) is 11.8 Å². The van der Waals surface area contributed by atoms with E-state index in [0.29, 0.717) is 5.25 Å². The van der Waals surface area contributed by atoms with Crippen molar-refractivity contribution in [2.24, 2.45) is 0 Å². The molecule has 0 aromatic heterocycles. The Kier molecular flexibility index (Phi) is 4.69. The van der Waals surface area contributed by atoms with E-state index >= 15 is 0 Å². The normalized spacial score (nSPS) is 20.2. The van der Waals surface area contributed by atoms with Crippen LogP contribution in [-0.2, 0) is 11.3 Å². The number of benzene rings is 1. The van der Waals surface area contributed by atoms with Crippen molar-refractivity contribution in [3.8, 4) is 0 Å². The summed E-state index contributed by atoms with van der Waals surface area (Å²) in [5, 5.41) is 3.98. The van der Waals surface area contributed by atoms with Crippen LogP contribution in [0.1, 0.15) is 18.9 Å². The van der Waals surface area contributed by atoms with Crippen LogP contribution < -0.4 is 5.32 Å². The highest BCUT2D eigenvalue weighted by Gasteiger charge is 2.16. The van der Waals surface area contributed by atoms with E-state index in [2.05, 4.69) is 36.5 Å². The highest BCUT2D eigenvalue weighted by Crippen LogP contribution is 2.28. The molecular weight excluding hydrogens is 218 g/mol. The van der Waals surface area contributed by atoms with Gasteiger partial charge in [0.05, 0.1) is 6.61 Å². The minimum Gasteiger partial charge on any atom is -0.380 e. The predicted octanol–water partition coefficient (Wildman–Crippen LogP) is 2.68. The molecule has 0 bridgehead atoms. The Labute approximate surface area is 102 Å². The van der Waals surface area contributed by atoms with Crippen molar-refractivity contribution in [1.29, 1.82) is 0 Å². The van der Waals surface area contributed by atoms with Crippen molar-refractivity contribution in [3.05, 3.63) is 29.8 Å². The minimum absolute atomic E-state index is 0.652. The van der Waals surface area contributed by atoms with Crippen molar-refractivity contribution in [3.63, 3.8) is 0 Å². The van der Waals surface area contributed by atoms with Crippen molar-refractivity contribution in [2.45, 2.75) is 30.0 Å². The molecule has 1 heterocycles. The first-order chi connectivity index (χ1) is 7.88. The number of hydrogen-bond donors (Lipinski definition) is 1. The van der Waals surface area contributed by atoms with E-state index in [1.165, 1.54) is 16.9 Å². The van der Waals surface area contributed by atoms with Gasteiger partial charge in [-0.2, -0.15) is 0 Å². The fourth-order valence-corrected chi connectivity index (χ4v) is 2.81. The third-order valence-electron chi connectivity index (χ3n) is 2.69. The van der Waals surface area contributed by atoms with Crippen LogP contribution in [0.5, 0.6) is 0 Å². The topological polar surface area (TPSA) is 21.3 Å². The minimum atomic E-state index is 0.652. The molecule has 88 valence electrons. The van der Waals surface area contributed by atoms with E-state index < -0.39 is 0 Å². The van der Waals surface area contributed by atoms with Crippen molar-refractivity contribution in [2.75, 3.05) is 19.8 Å². The number of rotatable bonds is 5. The second-order valence-electron chi connectivity index (χ2n) is 4.03. The number of nitrogens with one attached hydrogen (secondary N) is 1. The molecule has 1 aliphatic rings. The molecular formula is C13H19NOS. The van der Waals surface area contributed by atoms with Gasteiger partial charge in [0.15, 0.2) is 0 Å². The van der Waals surface area contributed by atoms with Crippen molar-refractivity contribution >= 4 is 11.8 Å². The van der Waals surface area contributed by atoms with Crippen LogP contribution in [0.4, 0.5) is 0 Å². The SMILES string of the molecule is CCNCc1ccc(SC2CCOC2)cc1. The van der Waals surface area contributed by atoms with Crippen LogP contribution in [0.25, 0.3) is 0 Å². The summed E-state index contributed by atoms with van der Waals surface area (Å²) in [5.74, 6) is 0. The molecule has 1 unspecified atom stereocenters. The first-order valence-electron chi connectivity index (χ1n) is 5.92. The molecule has 1 saturated heterocycles. The summed E-state index contributed by atoms with van der Waals surface area (Å²) in [5.41, 5.74) is 1.36. The lowest BCUT2D eigenvalue weighted by Crippen LogP contribution is -2.11. The maximum Gasteiger partial charge on any atom is 0.0589 e. The average Bonchev–Trinajstić information content (AvgIpc) is 2.81. The highest BCUT2D eigenvalue weighted by molar-refractivity contribution is 8.00. The van der Waals surface area contributed by atoms with E-state index in [9.17, 15) is 0 Å². The van der Waals surface area contributed by atoms with Gasteiger partial charge in [-0.3, -0.25) is 0 Å². The Morgan fingerprint density at radius 2 is 2.19 bits per heavy atom. The largest absolute Gasteiger partial charge is 0.380 e. The molecule has 1 aromatic carbocycles. The molecule has 3 heteroatoms. The molecule has 2 rings (SSSR count). The average molecular weight is 237 g/mol. The Balaban J connectivity index is 1.86. The maximum atomic E-state index is 5.38. The summed E-state index contributed by atoms with van der Waals surface area (Å²) in [4.78, 5) is 1.36. The third kappa shape index (κ3) is 3.51. The van der Waals surface area contributed by atoms with Gasteiger partial charge in [0.25, 0.3) is 0 Å². The zero-order valence-corrected chi connectivity index (χ0v) is 10.6. The smallest absolute Gasteiger partial charge is 0.0589 e. The fraction of sp³-hybridized carbons (Fsp3) is 0.538. The van der Waals surface area contributed by atoms with Gasteiger partial charge in [0.1, 0.15) is 0 Å². The van der Waals surface area contributed by atoms with E-state index in [1.807, 2.05) is 11.8 Å². The van der Waals surface area contributed by atoms with Crippen LogP contribution in [0.15, 0.2) is 29.2 Å². The van der Waals surface area contributed by atoms with E-state index in [1.54, 1.807) is 0 Å². The maximum absolute atomic E-state index is 5.38. The molecule has 2 nitrogen and oxygen atoms in total. The number of thioether (sulfide) groups is 1. The predicted molar refractivity (Wildman–Crippen MR) is 68.9 cm³/mol. The van der Waals surface area contributed by atoms with Gasteiger partial charge < -0.3 is 10.1 Å². The first kappa shape index (κ1) is 12.0. The standard InChI is InChI=1S/C13H19NOS/c1-2-14-9-11-3-5-12(6-4-11)16-13-7-8-15-10-13/h3-6,13-14H,2,7-10H2,1H3. The van der Waals surface area contributed by atoms with E-state index in [-0.39, 0.29) is 0 Å². The van der Waals surface area contributed by atoms with Crippen molar-refractivity contribution < 1.29 is 4.74 Å². The molecule has 16 heavy (non-hydrogen) atoms. The Morgan fingerprint density at radius 3 is 2.81 bits per heavy atom. The van der Waals surface area contributed by atoms with Gasteiger partial charge in [-0.25, -0.2) is 0 Å². The second-order valence-corrected chi connectivity index (χ2v) is 5.40. The lowest BCUT2D eigenvalue weighted by Gasteiger charge is -2.08. The van der Waals surface area contributed by atoms with Gasteiger partial charge in [0, 0.05) is 23.3 Å². The molecule has 0 amide bonds. The molecule has 0 aliphatic carbocycles. The van der Waals surface area contributed by atoms with Crippen molar-refractivity contribution in [1.82, 2.24) is 5.32 Å². The zero-order chi connectivity index (χ0) is 11.2. The van der Waals surface area contributed by atoms with Crippen LogP contribution in [0.3, 0.4) is 0 Å². The molecule has 1 atom stereocenters. The number of hydrogen-bond acceptors (Lipinski definition) is 3. The summed E-state index contributed by atoms with van der Waals surface area (Å²) in [6.45, 7) is 5.95.